The molecule has 1 aliphatic carbocycles. The molecule has 2 unspecified atom stereocenters. The fourth-order valence-corrected chi connectivity index (χ4v) is 2.52. The van der Waals surface area contributed by atoms with Gasteiger partial charge in [0.15, 0.2) is 0 Å². The molecule has 18 heavy (non-hydrogen) atoms. The summed E-state index contributed by atoms with van der Waals surface area (Å²) in [5.41, 5.74) is 0.486. The molecule has 4 nitrogen and oxygen atoms in total. The summed E-state index contributed by atoms with van der Waals surface area (Å²) in [5, 5.41) is 6.03. The fourth-order valence-electron chi connectivity index (χ4n) is 2.52. The second-order valence-corrected chi connectivity index (χ2v) is 5.10. The molecule has 0 radical (unpaired) electrons. The lowest BCUT2D eigenvalue weighted by Crippen LogP contribution is -2.38. The van der Waals surface area contributed by atoms with Gasteiger partial charge in [-0.1, -0.05) is 25.8 Å². The van der Waals surface area contributed by atoms with Crippen LogP contribution in [0.1, 0.15) is 43.1 Å². The van der Waals surface area contributed by atoms with Crippen molar-refractivity contribution in [2.24, 2.45) is 5.92 Å². The summed E-state index contributed by atoms with van der Waals surface area (Å²) in [6, 6.07) is 5.75. The largest absolute Gasteiger partial charge is 0.373 e. The second kappa shape index (κ2) is 5.85. The van der Waals surface area contributed by atoms with E-state index in [4.69, 9.17) is 0 Å². The minimum atomic E-state index is -0.0637. The number of hydrogen-bond acceptors (Lipinski definition) is 3. The van der Waals surface area contributed by atoms with Crippen LogP contribution in [0.5, 0.6) is 0 Å². The summed E-state index contributed by atoms with van der Waals surface area (Å²) in [5.74, 6) is 1.37. The van der Waals surface area contributed by atoms with Crippen molar-refractivity contribution in [3.05, 3.63) is 23.9 Å². The van der Waals surface area contributed by atoms with Gasteiger partial charge in [0.05, 0.1) is 0 Å². The normalized spacial score (nSPS) is 23.4. The molecule has 1 fully saturated rings. The van der Waals surface area contributed by atoms with Crippen LogP contribution in [0.2, 0.25) is 0 Å². The van der Waals surface area contributed by atoms with Crippen LogP contribution in [-0.4, -0.2) is 24.0 Å². The van der Waals surface area contributed by atoms with Crippen LogP contribution < -0.4 is 10.6 Å². The summed E-state index contributed by atoms with van der Waals surface area (Å²) >= 11 is 0. The maximum atomic E-state index is 12.1. The SMILES string of the molecule is CNc1cccc(C(=O)NC2CCCC(C)C2)n1. The van der Waals surface area contributed by atoms with Gasteiger partial charge in [-0.2, -0.15) is 0 Å². The predicted octanol–water partition coefficient (Wildman–Crippen LogP) is 2.43. The molecule has 98 valence electrons. The third kappa shape index (κ3) is 3.22. The molecule has 1 heterocycles. The lowest BCUT2D eigenvalue weighted by atomic mass is 9.87. The lowest BCUT2D eigenvalue weighted by molar-refractivity contribution is 0.0916. The maximum absolute atomic E-state index is 12.1. The summed E-state index contributed by atoms with van der Waals surface area (Å²) in [4.78, 5) is 16.3. The zero-order valence-corrected chi connectivity index (χ0v) is 11.1. The first-order chi connectivity index (χ1) is 8.69. The van der Waals surface area contributed by atoms with Crippen molar-refractivity contribution in [3.8, 4) is 0 Å². The third-order valence-corrected chi connectivity index (χ3v) is 3.51. The van der Waals surface area contributed by atoms with Crippen LogP contribution in [0.25, 0.3) is 0 Å². The molecule has 2 N–H and O–H groups in total. The number of carbonyl (C=O) groups is 1. The smallest absolute Gasteiger partial charge is 0.270 e. The number of nitrogens with one attached hydrogen (secondary N) is 2. The van der Waals surface area contributed by atoms with Crippen LogP contribution in [-0.2, 0) is 0 Å². The summed E-state index contributed by atoms with van der Waals surface area (Å²) in [6.07, 6.45) is 4.65. The molecule has 0 aliphatic heterocycles. The second-order valence-electron chi connectivity index (χ2n) is 5.10. The highest BCUT2D eigenvalue weighted by atomic mass is 16.1. The number of pyridine rings is 1. The van der Waals surface area contributed by atoms with E-state index in [-0.39, 0.29) is 5.91 Å². The van der Waals surface area contributed by atoms with Gasteiger partial charge < -0.3 is 10.6 Å². The quantitative estimate of drug-likeness (QED) is 0.862. The molecule has 1 aromatic rings. The van der Waals surface area contributed by atoms with Crippen molar-refractivity contribution in [2.45, 2.75) is 38.6 Å². The number of amides is 1. The minimum Gasteiger partial charge on any atom is -0.373 e. The van der Waals surface area contributed by atoms with Crippen LogP contribution in [0.15, 0.2) is 18.2 Å². The predicted molar refractivity (Wildman–Crippen MR) is 72.7 cm³/mol. The van der Waals surface area contributed by atoms with E-state index < -0.39 is 0 Å². The van der Waals surface area contributed by atoms with E-state index in [1.54, 1.807) is 13.1 Å². The Balaban J connectivity index is 1.98. The highest BCUT2D eigenvalue weighted by Gasteiger charge is 2.21. The van der Waals surface area contributed by atoms with Crippen molar-refractivity contribution in [3.63, 3.8) is 0 Å². The van der Waals surface area contributed by atoms with E-state index in [1.165, 1.54) is 12.8 Å². The summed E-state index contributed by atoms with van der Waals surface area (Å²) in [6.45, 7) is 2.25. The van der Waals surface area contributed by atoms with Gasteiger partial charge in [0.1, 0.15) is 11.5 Å². The number of anilines is 1. The molecule has 2 rings (SSSR count). The van der Waals surface area contributed by atoms with E-state index in [0.717, 1.165) is 18.7 Å². The standard InChI is InChI=1S/C14H21N3O/c1-10-5-3-6-11(9-10)16-14(18)12-7-4-8-13(15-2)17-12/h4,7-8,10-11H,3,5-6,9H2,1-2H3,(H,15,17)(H,16,18). The highest BCUT2D eigenvalue weighted by molar-refractivity contribution is 5.92. The minimum absolute atomic E-state index is 0.0637. The van der Waals surface area contributed by atoms with Crippen molar-refractivity contribution < 1.29 is 4.79 Å². The Kier molecular flexibility index (Phi) is 4.18. The lowest BCUT2D eigenvalue weighted by Gasteiger charge is -2.27. The van der Waals surface area contributed by atoms with Crippen molar-refractivity contribution in [2.75, 3.05) is 12.4 Å². The van der Waals surface area contributed by atoms with E-state index in [9.17, 15) is 4.79 Å². The van der Waals surface area contributed by atoms with Gasteiger partial charge in [-0.15, -0.1) is 0 Å². The number of nitrogens with zero attached hydrogens (tertiary/aromatic N) is 1. The van der Waals surface area contributed by atoms with E-state index >= 15 is 0 Å². The molecule has 0 saturated heterocycles. The van der Waals surface area contributed by atoms with Crippen molar-refractivity contribution >= 4 is 11.7 Å². The Labute approximate surface area is 108 Å². The zero-order chi connectivity index (χ0) is 13.0. The monoisotopic (exact) mass is 247 g/mol. The van der Waals surface area contributed by atoms with Crippen molar-refractivity contribution in [1.82, 2.24) is 10.3 Å². The topological polar surface area (TPSA) is 54.0 Å². The van der Waals surface area contributed by atoms with Gasteiger partial charge in [-0.25, -0.2) is 4.98 Å². The van der Waals surface area contributed by atoms with Gasteiger partial charge in [0.2, 0.25) is 0 Å². The molecule has 4 heteroatoms. The fraction of sp³-hybridized carbons (Fsp3) is 0.571. The maximum Gasteiger partial charge on any atom is 0.270 e. The van der Waals surface area contributed by atoms with Gasteiger partial charge in [-0.3, -0.25) is 4.79 Å². The molecule has 0 spiro atoms. The van der Waals surface area contributed by atoms with Crippen LogP contribution in [0.3, 0.4) is 0 Å². The summed E-state index contributed by atoms with van der Waals surface area (Å²) in [7, 11) is 1.80. The first-order valence-electron chi connectivity index (χ1n) is 6.64. The number of aromatic nitrogens is 1. The van der Waals surface area contributed by atoms with Crippen molar-refractivity contribution in [1.29, 1.82) is 0 Å². The highest BCUT2D eigenvalue weighted by Crippen LogP contribution is 2.23. The Hall–Kier alpha value is -1.58. The molecular formula is C14H21N3O. The van der Waals surface area contributed by atoms with Gasteiger partial charge in [0, 0.05) is 13.1 Å². The molecule has 1 amide bonds. The third-order valence-electron chi connectivity index (χ3n) is 3.51. The number of hydrogen-bond donors (Lipinski definition) is 2. The van der Waals surface area contributed by atoms with E-state index in [1.807, 2.05) is 12.1 Å². The number of rotatable bonds is 3. The molecular weight excluding hydrogens is 226 g/mol. The Morgan fingerprint density at radius 1 is 1.39 bits per heavy atom. The molecule has 2 atom stereocenters. The average Bonchev–Trinajstić information content (AvgIpc) is 2.39. The Morgan fingerprint density at radius 3 is 2.94 bits per heavy atom. The molecule has 1 saturated carbocycles. The van der Waals surface area contributed by atoms with Crippen LogP contribution in [0, 0.1) is 5.92 Å². The van der Waals surface area contributed by atoms with E-state index in [2.05, 4.69) is 22.5 Å². The Bertz CT molecular complexity index is 419. The van der Waals surface area contributed by atoms with Gasteiger partial charge >= 0.3 is 0 Å². The first-order valence-corrected chi connectivity index (χ1v) is 6.64. The molecule has 1 aromatic heterocycles. The average molecular weight is 247 g/mol. The Morgan fingerprint density at radius 2 is 2.22 bits per heavy atom. The van der Waals surface area contributed by atoms with Crippen LogP contribution in [0.4, 0.5) is 5.82 Å². The van der Waals surface area contributed by atoms with Gasteiger partial charge in [0.25, 0.3) is 5.91 Å². The number of carbonyl (C=O) groups excluding carboxylic acids is 1. The van der Waals surface area contributed by atoms with E-state index in [0.29, 0.717) is 17.7 Å². The zero-order valence-electron chi connectivity index (χ0n) is 11.1. The molecule has 1 aliphatic rings. The first kappa shape index (κ1) is 12.9. The molecule has 0 aromatic carbocycles. The van der Waals surface area contributed by atoms with Gasteiger partial charge in [-0.05, 0) is 30.9 Å². The molecule has 0 bridgehead atoms. The van der Waals surface area contributed by atoms with Crippen LogP contribution >= 0.6 is 0 Å². The summed E-state index contributed by atoms with van der Waals surface area (Å²) < 4.78 is 0.